The minimum atomic E-state index is -0.349. The van der Waals surface area contributed by atoms with Crippen LogP contribution in [0.4, 0.5) is 4.79 Å². The van der Waals surface area contributed by atoms with Gasteiger partial charge in [-0.2, -0.15) is 0 Å². The molecule has 0 unspecified atom stereocenters. The van der Waals surface area contributed by atoms with Crippen LogP contribution in [0.3, 0.4) is 0 Å². The van der Waals surface area contributed by atoms with Crippen LogP contribution in [0.1, 0.15) is 27.7 Å². The summed E-state index contributed by atoms with van der Waals surface area (Å²) in [6, 6.07) is 9.79. The summed E-state index contributed by atoms with van der Waals surface area (Å²) in [5, 5.41) is 10.2. The van der Waals surface area contributed by atoms with Crippen LogP contribution in [0.2, 0.25) is 5.02 Å². The van der Waals surface area contributed by atoms with Crippen molar-refractivity contribution in [1.29, 1.82) is 0 Å². The van der Waals surface area contributed by atoms with Gasteiger partial charge in [-0.3, -0.25) is 9.56 Å². The van der Waals surface area contributed by atoms with Crippen LogP contribution in [-0.4, -0.2) is 52.2 Å². The van der Waals surface area contributed by atoms with Crippen molar-refractivity contribution < 1.29 is 9.53 Å². The van der Waals surface area contributed by atoms with E-state index in [1.54, 1.807) is 25.4 Å². The molecule has 0 aliphatic carbocycles. The Labute approximate surface area is 177 Å². The average Bonchev–Trinajstić information content (AvgIpc) is 3.22. The summed E-state index contributed by atoms with van der Waals surface area (Å²) >= 11 is 8.10. The zero-order valence-electron chi connectivity index (χ0n) is 16.3. The lowest BCUT2D eigenvalue weighted by Gasteiger charge is -2.10. The van der Waals surface area contributed by atoms with Crippen molar-refractivity contribution in [3.63, 3.8) is 0 Å². The fourth-order valence-corrected chi connectivity index (χ4v) is 4.58. The summed E-state index contributed by atoms with van der Waals surface area (Å²) in [6.07, 6.45) is 0.266. The summed E-state index contributed by atoms with van der Waals surface area (Å²) in [7, 11) is 3.33. The van der Waals surface area contributed by atoms with E-state index in [1.807, 2.05) is 35.8 Å². The number of ether oxygens (including phenoxy) is 1. The van der Waals surface area contributed by atoms with Crippen LogP contribution in [0, 0.1) is 6.92 Å². The summed E-state index contributed by atoms with van der Waals surface area (Å²) in [5.41, 5.74) is 2.71. The highest BCUT2D eigenvalue weighted by atomic mass is 35.5. The van der Waals surface area contributed by atoms with Crippen molar-refractivity contribution in [2.75, 3.05) is 20.7 Å². The molecule has 0 fully saturated rings. The molecule has 1 aromatic carbocycles. The van der Waals surface area contributed by atoms with Crippen molar-refractivity contribution >= 4 is 34.7 Å². The molecule has 3 heterocycles. The third kappa shape index (κ3) is 3.77. The molecule has 0 atom stereocenters. The van der Waals surface area contributed by atoms with Crippen molar-refractivity contribution in [3.8, 4) is 5.00 Å². The smallest absolute Gasteiger partial charge is 0.409 e. The summed E-state index contributed by atoms with van der Waals surface area (Å²) < 4.78 is 7.33. The van der Waals surface area contributed by atoms with Gasteiger partial charge in [-0.25, -0.2) is 4.79 Å². The van der Waals surface area contributed by atoms with E-state index in [1.165, 1.54) is 4.90 Å². The molecule has 4 rings (SSSR count). The maximum absolute atomic E-state index is 11.7. The van der Waals surface area contributed by atoms with Crippen LogP contribution in [0.5, 0.6) is 0 Å². The number of amides is 1. The van der Waals surface area contributed by atoms with E-state index in [2.05, 4.69) is 16.3 Å². The second-order valence-electron chi connectivity index (χ2n) is 6.83. The summed E-state index contributed by atoms with van der Waals surface area (Å²) in [5.74, 6) is 1.60. The van der Waals surface area contributed by atoms with Gasteiger partial charge in [0, 0.05) is 41.5 Å². The molecule has 0 spiro atoms. The molecule has 0 bridgehead atoms. The Bertz CT molecular complexity index is 1100. The van der Waals surface area contributed by atoms with Crippen molar-refractivity contribution in [3.05, 3.63) is 63.0 Å². The lowest BCUT2D eigenvalue weighted by Crippen LogP contribution is -2.23. The minimum absolute atomic E-state index is 0.309. The maximum Gasteiger partial charge on any atom is 0.409 e. The number of thiophene rings is 1. The van der Waals surface area contributed by atoms with E-state index >= 15 is 0 Å². The van der Waals surface area contributed by atoms with E-state index < -0.39 is 0 Å². The molecule has 7 nitrogen and oxygen atoms in total. The quantitative estimate of drug-likeness (QED) is 0.630. The van der Waals surface area contributed by atoms with Gasteiger partial charge in [-0.15, -0.1) is 21.5 Å². The molecule has 1 aliphatic rings. The van der Waals surface area contributed by atoms with Gasteiger partial charge in [0.15, 0.2) is 5.82 Å². The molecule has 2 aromatic heterocycles. The van der Waals surface area contributed by atoms with Crippen molar-refractivity contribution in [1.82, 2.24) is 19.7 Å². The third-order valence-electron chi connectivity index (χ3n) is 4.56. The molecular weight excluding hydrogens is 410 g/mol. The maximum atomic E-state index is 11.7. The van der Waals surface area contributed by atoms with Gasteiger partial charge < -0.3 is 9.64 Å². The van der Waals surface area contributed by atoms with E-state index in [0.717, 1.165) is 38.4 Å². The van der Waals surface area contributed by atoms with Gasteiger partial charge in [0.25, 0.3) is 0 Å². The second-order valence-corrected chi connectivity index (χ2v) is 8.36. The van der Waals surface area contributed by atoms with Crippen molar-refractivity contribution in [2.45, 2.75) is 19.9 Å². The number of aromatic nitrogens is 3. The molecule has 0 saturated heterocycles. The first-order valence-corrected chi connectivity index (χ1v) is 10.3. The zero-order valence-corrected chi connectivity index (χ0v) is 17.9. The van der Waals surface area contributed by atoms with Crippen LogP contribution >= 0.6 is 22.9 Å². The number of hydrogen-bond acceptors (Lipinski definition) is 6. The normalized spacial score (nSPS) is 12.6. The molecule has 3 aromatic rings. The molecular formula is C20H20ClN5O2S. The molecule has 1 aliphatic heterocycles. The Morgan fingerprint density at radius 3 is 2.83 bits per heavy atom. The van der Waals surface area contributed by atoms with Gasteiger partial charge in [0.2, 0.25) is 0 Å². The lowest BCUT2D eigenvalue weighted by molar-refractivity contribution is 0.120. The topological polar surface area (TPSA) is 72.6 Å². The van der Waals surface area contributed by atoms with E-state index in [4.69, 9.17) is 21.3 Å². The lowest BCUT2D eigenvalue weighted by atomic mass is 10.0. The van der Waals surface area contributed by atoms with E-state index in [-0.39, 0.29) is 6.09 Å². The Morgan fingerprint density at radius 1 is 1.28 bits per heavy atom. The van der Waals surface area contributed by atoms with Crippen LogP contribution < -0.4 is 0 Å². The zero-order chi connectivity index (χ0) is 20.5. The minimum Gasteiger partial charge on any atom is -0.449 e. The predicted octanol–water partition coefficient (Wildman–Crippen LogP) is 3.88. The number of halogens is 1. The first kappa shape index (κ1) is 19.6. The van der Waals surface area contributed by atoms with Crippen molar-refractivity contribution in [2.24, 2.45) is 4.99 Å². The summed E-state index contributed by atoms with van der Waals surface area (Å²) in [4.78, 5) is 19.0. The highest BCUT2D eigenvalue weighted by molar-refractivity contribution is 7.15. The number of aliphatic imine (C=N–C) groups is 1. The number of hydrogen-bond donors (Lipinski definition) is 0. The fraction of sp³-hybridized carbons (Fsp3) is 0.300. The molecule has 9 heteroatoms. The SMILES string of the molecule is Cc1nnc2n1-c1sc(CCOC(=O)N(C)C)cc1C(c1ccccc1Cl)=NC2. The number of carbonyl (C=O) groups is 1. The Hall–Kier alpha value is -2.71. The molecule has 0 N–H and O–H groups in total. The van der Waals surface area contributed by atoms with E-state index in [9.17, 15) is 4.79 Å². The van der Waals surface area contributed by atoms with Crippen LogP contribution in [0.15, 0.2) is 35.3 Å². The van der Waals surface area contributed by atoms with Crippen LogP contribution in [0.25, 0.3) is 5.00 Å². The largest absolute Gasteiger partial charge is 0.449 e. The summed E-state index contributed by atoms with van der Waals surface area (Å²) in [6.45, 7) is 2.67. The van der Waals surface area contributed by atoms with Gasteiger partial charge >= 0.3 is 6.09 Å². The first-order valence-electron chi connectivity index (χ1n) is 9.13. The Balaban J connectivity index is 1.73. The van der Waals surface area contributed by atoms with Crippen LogP contribution in [-0.2, 0) is 17.7 Å². The van der Waals surface area contributed by atoms with Gasteiger partial charge in [0.1, 0.15) is 17.4 Å². The van der Waals surface area contributed by atoms with Gasteiger partial charge in [-0.1, -0.05) is 29.8 Å². The van der Waals surface area contributed by atoms with Gasteiger partial charge in [-0.05, 0) is 19.1 Å². The second kappa shape index (κ2) is 7.96. The number of aryl methyl sites for hydroxylation is 1. The fourth-order valence-electron chi connectivity index (χ4n) is 3.15. The molecule has 0 radical (unpaired) electrons. The average molecular weight is 430 g/mol. The third-order valence-corrected chi connectivity index (χ3v) is 6.07. The van der Waals surface area contributed by atoms with Gasteiger partial charge in [0.05, 0.1) is 12.3 Å². The standard InChI is InChI=1S/C20H20ClN5O2S/c1-12-23-24-17-11-22-18(14-6-4-5-7-16(14)21)15-10-13(29-19(15)26(12)17)8-9-28-20(27)25(2)3/h4-7,10H,8-9,11H2,1-3H3. The highest BCUT2D eigenvalue weighted by Crippen LogP contribution is 2.34. The van der Waals surface area contributed by atoms with E-state index in [0.29, 0.717) is 24.6 Å². The Morgan fingerprint density at radius 2 is 2.07 bits per heavy atom. The highest BCUT2D eigenvalue weighted by Gasteiger charge is 2.25. The number of carbonyl (C=O) groups excluding carboxylic acids is 1. The first-order chi connectivity index (χ1) is 14.0. The molecule has 1 amide bonds. The molecule has 150 valence electrons. The Kier molecular flexibility index (Phi) is 5.38. The molecule has 29 heavy (non-hydrogen) atoms. The number of benzene rings is 1. The number of nitrogens with zero attached hydrogens (tertiary/aromatic N) is 5. The number of rotatable bonds is 4. The monoisotopic (exact) mass is 429 g/mol. The molecule has 0 saturated carbocycles. The predicted molar refractivity (Wildman–Crippen MR) is 114 cm³/mol. The number of fused-ring (bicyclic) bond motifs is 3.